The van der Waals surface area contributed by atoms with Crippen molar-refractivity contribution in [2.45, 2.75) is 45.6 Å². The molecule has 2 aromatic rings. The van der Waals surface area contributed by atoms with Gasteiger partial charge in [0, 0.05) is 13.6 Å². The molecule has 0 aliphatic rings. The quantitative estimate of drug-likeness (QED) is 0.775. The topological polar surface area (TPSA) is 91.3 Å². The van der Waals surface area contributed by atoms with Crippen LogP contribution in [0.5, 0.6) is 0 Å². The van der Waals surface area contributed by atoms with E-state index < -0.39 is 11.7 Å². The molecule has 0 bridgehead atoms. The first-order chi connectivity index (χ1) is 12.2. The summed E-state index contributed by atoms with van der Waals surface area (Å²) in [5.41, 5.74) is 7.18. The zero-order chi connectivity index (χ0) is 19.3. The van der Waals surface area contributed by atoms with Crippen LogP contribution in [0.25, 0.3) is 5.69 Å². The molecule has 0 aliphatic carbocycles. The van der Waals surface area contributed by atoms with Gasteiger partial charge in [0.15, 0.2) is 0 Å². The number of carbonyl (C=O) groups excluding carboxylic acids is 1. The van der Waals surface area contributed by atoms with Gasteiger partial charge in [-0.15, -0.1) is 0 Å². The number of carbonyl (C=O) groups is 1. The number of nitrogen functional groups attached to an aromatic ring is 1. The van der Waals surface area contributed by atoms with Crippen LogP contribution >= 0.6 is 0 Å². The van der Waals surface area contributed by atoms with Crippen molar-refractivity contribution in [3.63, 3.8) is 0 Å². The van der Waals surface area contributed by atoms with Crippen LogP contribution < -0.4 is 16.6 Å². The van der Waals surface area contributed by atoms with Crippen molar-refractivity contribution in [3.05, 3.63) is 46.4 Å². The molecule has 0 unspecified atom stereocenters. The Hall–Kier alpha value is -2.70. The smallest absolute Gasteiger partial charge is 0.407 e. The van der Waals surface area contributed by atoms with E-state index in [0.717, 1.165) is 24.2 Å². The molecule has 0 aliphatic heterocycles. The van der Waals surface area contributed by atoms with Crippen molar-refractivity contribution in [2.75, 3.05) is 12.3 Å². The minimum Gasteiger partial charge on any atom is -0.444 e. The standard InChI is InChI=1S/C19H28N4O3/c1-19(2,3)26-18(25)21-13-9-8-12-15-16(20)17(24)23(22(15)4)14-10-6-5-7-11-14/h5-7,10-11H,8-9,12-13,20H2,1-4H3,(H,21,25). The minimum absolute atomic E-state index is 0.208. The number of rotatable bonds is 6. The number of benzene rings is 1. The minimum atomic E-state index is -0.503. The fourth-order valence-electron chi connectivity index (χ4n) is 2.75. The van der Waals surface area contributed by atoms with Crippen molar-refractivity contribution in [2.24, 2.45) is 7.05 Å². The van der Waals surface area contributed by atoms with Gasteiger partial charge in [-0.1, -0.05) is 18.2 Å². The van der Waals surface area contributed by atoms with E-state index in [9.17, 15) is 9.59 Å². The summed E-state index contributed by atoms with van der Waals surface area (Å²) in [6.45, 7) is 6.00. The highest BCUT2D eigenvalue weighted by molar-refractivity contribution is 5.67. The molecule has 0 fully saturated rings. The van der Waals surface area contributed by atoms with Crippen LogP contribution in [0.2, 0.25) is 0 Å². The number of nitrogens with zero attached hydrogens (tertiary/aromatic N) is 2. The molecule has 1 heterocycles. The van der Waals surface area contributed by atoms with Gasteiger partial charge >= 0.3 is 6.09 Å². The van der Waals surface area contributed by atoms with Crippen molar-refractivity contribution in [3.8, 4) is 5.69 Å². The first kappa shape index (κ1) is 19.6. The SMILES string of the molecule is Cn1c(CCCCNC(=O)OC(C)(C)C)c(N)c(=O)n1-c1ccccc1. The predicted molar refractivity (Wildman–Crippen MR) is 103 cm³/mol. The summed E-state index contributed by atoms with van der Waals surface area (Å²) in [6.07, 6.45) is 1.81. The lowest BCUT2D eigenvalue weighted by molar-refractivity contribution is 0.0527. The number of para-hydroxylation sites is 1. The van der Waals surface area contributed by atoms with Crippen LogP contribution in [0, 0.1) is 0 Å². The zero-order valence-electron chi connectivity index (χ0n) is 15.9. The number of alkyl carbamates (subject to hydrolysis) is 1. The molecule has 0 atom stereocenters. The van der Waals surface area contributed by atoms with Gasteiger partial charge < -0.3 is 15.8 Å². The van der Waals surface area contributed by atoms with Gasteiger partial charge in [0.1, 0.15) is 11.3 Å². The van der Waals surface area contributed by atoms with Crippen LogP contribution in [-0.2, 0) is 18.2 Å². The van der Waals surface area contributed by atoms with Gasteiger partial charge in [-0.25, -0.2) is 9.48 Å². The Morgan fingerprint density at radius 1 is 1.19 bits per heavy atom. The highest BCUT2D eigenvalue weighted by Gasteiger charge is 2.17. The highest BCUT2D eigenvalue weighted by atomic mass is 16.6. The van der Waals surface area contributed by atoms with E-state index in [2.05, 4.69) is 5.32 Å². The van der Waals surface area contributed by atoms with E-state index >= 15 is 0 Å². The molecule has 26 heavy (non-hydrogen) atoms. The monoisotopic (exact) mass is 360 g/mol. The summed E-state index contributed by atoms with van der Waals surface area (Å²) in [5, 5.41) is 2.73. The average molecular weight is 360 g/mol. The van der Waals surface area contributed by atoms with Gasteiger partial charge in [-0.3, -0.25) is 9.48 Å². The van der Waals surface area contributed by atoms with Gasteiger partial charge in [0.25, 0.3) is 5.56 Å². The number of nitrogens with two attached hydrogens (primary N) is 1. The Balaban J connectivity index is 1.93. The van der Waals surface area contributed by atoms with Crippen molar-refractivity contribution in [1.82, 2.24) is 14.7 Å². The van der Waals surface area contributed by atoms with Crippen molar-refractivity contribution < 1.29 is 9.53 Å². The zero-order valence-corrected chi connectivity index (χ0v) is 15.9. The molecule has 2 rings (SSSR count). The van der Waals surface area contributed by atoms with Crippen LogP contribution in [0.3, 0.4) is 0 Å². The third kappa shape index (κ3) is 4.91. The highest BCUT2D eigenvalue weighted by Crippen LogP contribution is 2.14. The Bertz CT molecular complexity index is 801. The summed E-state index contributed by atoms with van der Waals surface area (Å²) in [4.78, 5) is 24.1. The van der Waals surface area contributed by atoms with E-state index in [0.29, 0.717) is 13.0 Å². The van der Waals surface area contributed by atoms with Crippen molar-refractivity contribution in [1.29, 1.82) is 0 Å². The maximum atomic E-state index is 12.5. The average Bonchev–Trinajstić information content (AvgIpc) is 2.77. The van der Waals surface area contributed by atoms with Gasteiger partial charge in [0.2, 0.25) is 0 Å². The molecule has 0 saturated heterocycles. The number of aromatic nitrogens is 2. The van der Waals surface area contributed by atoms with E-state index in [1.54, 1.807) is 9.36 Å². The van der Waals surface area contributed by atoms with Crippen LogP contribution in [0.4, 0.5) is 10.5 Å². The lowest BCUT2D eigenvalue weighted by Gasteiger charge is -2.19. The lowest BCUT2D eigenvalue weighted by Crippen LogP contribution is -2.33. The molecule has 0 saturated carbocycles. The van der Waals surface area contributed by atoms with Crippen LogP contribution in [-0.4, -0.2) is 27.6 Å². The number of nitrogens with one attached hydrogen (secondary N) is 1. The summed E-state index contributed by atoms with van der Waals surface area (Å²) >= 11 is 0. The van der Waals surface area contributed by atoms with Gasteiger partial charge in [0.05, 0.1) is 11.4 Å². The van der Waals surface area contributed by atoms with E-state index in [1.165, 1.54) is 0 Å². The molecule has 0 spiro atoms. The molecular weight excluding hydrogens is 332 g/mol. The van der Waals surface area contributed by atoms with E-state index in [-0.39, 0.29) is 11.2 Å². The third-order valence-electron chi connectivity index (χ3n) is 3.93. The third-order valence-corrected chi connectivity index (χ3v) is 3.93. The lowest BCUT2D eigenvalue weighted by atomic mass is 10.2. The van der Waals surface area contributed by atoms with Crippen LogP contribution in [0.1, 0.15) is 39.3 Å². The maximum absolute atomic E-state index is 12.5. The molecule has 142 valence electrons. The Morgan fingerprint density at radius 2 is 1.85 bits per heavy atom. The normalized spacial score (nSPS) is 11.4. The number of hydrogen-bond donors (Lipinski definition) is 2. The molecule has 7 heteroatoms. The number of amides is 1. The first-order valence-electron chi connectivity index (χ1n) is 8.79. The molecule has 7 nitrogen and oxygen atoms in total. The van der Waals surface area contributed by atoms with Crippen LogP contribution in [0.15, 0.2) is 35.1 Å². The molecule has 1 aromatic heterocycles. The summed E-state index contributed by atoms with van der Waals surface area (Å²) in [7, 11) is 1.83. The predicted octanol–water partition coefficient (Wildman–Crippen LogP) is 2.61. The summed E-state index contributed by atoms with van der Waals surface area (Å²) < 4.78 is 8.56. The Kier molecular flexibility index (Phi) is 6.13. The fraction of sp³-hybridized carbons (Fsp3) is 0.474. The van der Waals surface area contributed by atoms with Gasteiger partial charge in [-0.2, -0.15) is 0 Å². The van der Waals surface area contributed by atoms with E-state index in [1.807, 2.05) is 58.2 Å². The Morgan fingerprint density at radius 3 is 2.46 bits per heavy atom. The number of hydrogen-bond acceptors (Lipinski definition) is 4. The molecular formula is C19H28N4O3. The molecule has 1 amide bonds. The summed E-state index contributed by atoms with van der Waals surface area (Å²) in [6, 6.07) is 9.41. The fourth-order valence-corrected chi connectivity index (χ4v) is 2.75. The maximum Gasteiger partial charge on any atom is 0.407 e. The molecule has 1 aromatic carbocycles. The second-order valence-electron chi connectivity index (χ2n) is 7.22. The van der Waals surface area contributed by atoms with Gasteiger partial charge in [-0.05, 0) is 52.2 Å². The largest absolute Gasteiger partial charge is 0.444 e. The first-order valence-corrected chi connectivity index (χ1v) is 8.79. The molecule has 3 N–H and O–H groups in total. The van der Waals surface area contributed by atoms with Crippen molar-refractivity contribution >= 4 is 11.8 Å². The number of unbranched alkanes of at least 4 members (excludes halogenated alkanes) is 1. The number of anilines is 1. The summed E-state index contributed by atoms with van der Waals surface area (Å²) in [5.74, 6) is 0. The second-order valence-corrected chi connectivity index (χ2v) is 7.22. The second kappa shape index (κ2) is 8.12. The Labute approximate surface area is 153 Å². The molecule has 0 radical (unpaired) electrons. The number of ether oxygens (including phenoxy) is 1. The van der Waals surface area contributed by atoms with E-state index in [4.69, 9.17) is 10.5 Å².